The molecule has 3 nitrogen and oxygen atoms in total. The molecular weight excluding hydrogens is 202 g/mol. The normalized spacial score (nSPS) is 9.64. The Hall–Kier alpha value is -1.22. The molecule has 0 spiro atoms. The number of hydrogen-bond donors (Lipinski definition) is 1. The predicted molar refractivity (Wildman–Crippen MR) is 55.8 cm³/mol. The van der Waals surface area contributed by atoms with Crippen molar-refractivity contribution in [1.82, 2.24) is 5.32 Å². The minimum absolute atomic E-state index is 0.0268. The highest BCUT2D eigenvalue weighted by molar-refractivity contribution is 6.30. The highest BCUT2D eigenvalue weighted by Crippen LogP contribution is 2.21. The second kappa shape index (κ2) is 4.86. The molecule has 0 unspecified atom stereocenters. The molecule has 0 aliphatic rings. The van der Waals surface area contributed by atoms with Crippen molar-refractivity contribution in [1.29, 1.82) is 0 Å². The fourth-order valence-electron chi connectivity index (χ4n) is 0.990. The van der Waals surface area contributed by atoms with Gasteiger partial charge < -0.3 is 10.1 Å². The van der Waals surface area contributed by atoms with Crippen LogP contribution in [0.5, 0.6) is 5.75 Å². The first-order chi connectivity index (χ1) is 6.63. The summed E-state index contributed by atoms with van der Waals surface area (Å²) in [7, 11) is 1.57. The molecule has 1 aromatic carbocycles. The number of benzene rings is 1. The summed E-state index contributed by atoms with van der Waals surface area (Å²) in [6.45, 7) is 1.91. The fourth-order valence-corrected chi connectivity index (χ4v) is 1.22. The molecule has 0 saturated carbocycles. The molecule has 0 bridgehead atoms. The summed E-state index contributed by atoms with van der Waals surface area (Å²) >= 11 is 5.77. The number of carbonyl (C=O) groups is 1. The molecule has 1 aromatic rings. The van der Waals surface area contributed by atoms with Crippen LogP contribution in [0, 0.1) is 6.92 Å². The molecule has 0 atom stereocenters. The van der Waals surface area contributed by atoms with Crippen LogP contribution in [0.25, 0.3) is 0 Å². The third-order valence-electron chi connectivity index (χ3n) is 1.77. The number of ether oxygens (including phenoxy) is 1. The lowest BCUT2D eigenvalue weighted by molar-refractivity contribution is -0.122. The Kier molecular flexibility index (Phi) is 3.77. The Morgan fingerprint density at radius 3 is 2.86 bits per heavy atom. The lowest BCUT2D eigenvalue weighted by Gasteiger charge is -2.07. The zero-order valence-corrected chi connectivity index (χ0v) is 8.89. The van der Waals surface area contributed by atoms with Gasteiger partial charge in [-0.25, -0.2) is 0 Å². The summed E-state index contributed by atoms with van der Waals surface area (Å²) in [5, 5.41) is 3.14. The van der Waals surface area contributed by atoms with Crippen molar-refractivity contribution in [2.75, 3.05) is 13.7 Å². The van der Waals surface area contributed by atoms with Crippen LogP contribution in [0.3, 0.4) is 0 Å². The average molecular weight is 214 g/mol. The zero-order valence-electron chi connectivity index (χ0n) is 8.13. The van der Waals surface area contributed by atoms with E-state index in [-0.39, 0.29) is 12.5 Å². The van der Waals surface area contributed by atoms with Crippen LogP contribution in [-0.2, 0) is 4.79 Å². The van der Waals surface area contributed by atoms with Crippen LogP contribution in [0.1, 0.15) is 5.56 Å². The highest BCUT2D eigenvalue weighted by atomic mass is 35.5. The molecule has 1 rings (SSSR count). The van der Waals surface area contributed by atoms with E-state index >= 15 is 0 Å². The molecule has 4 heteroatoms. The van der Waals surface area contributed by atoms with Gasteiger partial charge >= 0.3 is 0 Å². The summed E-state index contributed by atoms with van der Waals surface area (Å²) in [6, 6.07) is 5.27. The Morgan fingerprint density at radius 1 is 1.57 bits per heavy atom. The van der Waals surface area contributed by atoms with E-state index in [1.165, 1.54) is 0 Å². The maximum Gasteiger partial charge on any atom is 0.257 e. The van der Waals surface area contributed by atoms with Crippen LogP contribution in [0.2, 0.25) is 5.02 Å². The number of likely N-dealkylation sites (N-methyl/N-ethyl adjacent to an activating group) is 1. The van der Waals surface area contributed by atoms with Crippen molar-refractivity contribution >= 4 is 17.5 Å². The maximum absolute atomic E-state index is 10.9. The van der Waals surface area contributed by atoms with Gasteiger partial charge in [0.15, 0.2) is 6.61 Å². The molecule has 1 amide bonds. The van der Waals surface area contributed by atoms with Crippen molar-refractivity contribution in [3.05, 3.63) is 28.8 Å². The second-order valence-corrected chi connectivity index (χ2v) is 3.31. The monoisotopic (exact) mass is 213 g/mol. The van der Waals surface area contributed by atoms with E-state index in [2.05, 4.69) is 5.32 Å². The molecule has 14 heavy (non-hydrogen) atoms. The largest absolute Gasteiger partial charge is 0.484 e. The molecule has 0 radical (unpaired) electrons. The van der Waals surface area contributed by atoms with Gasteiger partial charge in [0.25, 0.3) is 5.91 Å². The topological polar surface area (TPSA) is 38.3 Å². The zero-order chi connectivity index (χ0) is 10.6. The van der Waals surface area contributed by atoms with Gasteiger partial charge in [-0.3, -0.25) is 4.79 Å². The quantitative estimate of drug-likeness (QED) is 0.831. The van der Waals surface area contributed by atoms with E-state index in [1.807, 2.05) is 6.92 Å². The maximum atomic E-state index is 10.9. The van der Waals surface area contributed by atoms with Crippen molar-refractivity contribution in [3.8, 4) is 5.75 Å². The SMILES string of the molecule is CNC(=O)COc1ccc(Cl)cc1C. The van der Waals surface area contributed by atoms with Crippen molar-refractivity contribution in [2.45, 2.75) is 6.92 Å². The molecule has 76 valence electrons. The van der Waals surface area contributed by atoms with Gasteiger partial charge in [0.05, 0.1) is 0 Å². The number of nitrogens with one attached hydrogen (secondary N) is 1. The van der Waals surface area contributed by atoms with Gasteiger partial charge in [-0.05, 0) is 30.7 Å². The van der Waals surface area contributed by atoms with Gasteiger partial charge in [-0.15, -0.1) is 0 Å². The summed E-state index contributed by atoms with van der Waals surface area (Å²) in [5.41, 5.74) is 0.918. The molecule has 0 aliphatic heterocycles. The summed E-state index contributed by atoms with van der Waals surface area (Å²) in [5.74, 6) is 0.525. The van der Waals surface area contributed by atoms with E-state index in [9.17, 15) is 4.79 Å². The lowest BCUT2D eigenvalue weighted by Crippen LogP contribution is -2.24. The summed E-state index contributed by atoms with van der Waals surface area (Å²) in [6.07, 6.45) is 0. The van der Waals surface area contributed by atoms with Crippen molar-refractivity contribution < 1.29 is 9.53 Å². The van der Waals surface area contributed by atoms with Crippen LogP contribution in [0.15, 0.2) is 18.2 Å². The van der Waals surface area contributed by atoms with Gasteiger partial charge in [0, 0.05) is 12.1 Å². The fraction of sp³-hybridized carbons (Fsp3) is 0.300. The number of hydrogen-bond acceptors (Lipinski definition) is 2. The number of rotatable bonds is 3. The van der Waals surface area contributed by atoms with Gasteiger partial charge in [0.2, 0.25) is 0 Å². The first-order valence-corrected chi connectivity index (χ1v) is 4.61. The highest BCUT2D eigenvalue weighted by Gasteiger charge is 2.02. The Morgan fingerprint density at radius 2 is 2.29 bits per heavy atom. The first-order valence-electron chi connectivity index (χ1n) is 4.23. The number of aryl methyl sites for hydroxylation is 1. The summed E-state index contributed by atoms with van der Waals surface area (Å²) in [4.78, 5) is 10.9. The van der Waals surface area contributed by atoms with E-state index in [0.29, 0.717) is 10.8 Å². The number of amides is 1. The van der Waals surface area contributed by atoms with E-state index in [1.54, 1.807) is 25.2 Å². The van der Waals surface area contributed by atoms with E-state index in [4.69, 9.17) is 16.3 Å². The Bertz CT molecular complexity index is 339. The predicted octanol–water partition coefficient (Wildman–Crippen LogP) is 1.77. The Balaban J connectivity index is 2.63. The first kappa shape index (κ1) is 10.9. The minimum atomic E-state index is -0.153. The molecule has 0 aromatic heterocycles. The van der Waals surface area contributed by atoms with Crippen LogP contribution < -0.4 is 10.1 Å². The minimum Gasteiger partial charge on any atom is -0.484 e. The number of carbonyl (C=O) groups excluding carboxylic acids is 1. The van der Waals surface area contributed by atoms with Gasteiger partial charge in [-0.2, -0.15) is 0 Å². The molecule has 0 fully saturated rings. The third kappa shape index (κ3) is 2.92. The Labute approximate surface area is 88.0 Å². The van der Waals surface area contributed by atoms with Gasteiger partial charge in [0.1, 0.15) is 5.75 Å². The number of halogens is 1. The van der Waals surface area contributed by atoms with E-state index in [0.717, 1.165) is 5.56 Å². The van der Waals surface area contributed by atoms with Crippen molar-refractivity contribution in [3.63, 3.8) is 0 Å². The van der Waals surface area contributed by atoms with E-state index < -0.39 is 0 Å². The smallest absolute Gasteiger partial charge is 0.257 e. The summed E-state index contributed by atoms with van der Waals surface area (Å²) < 4.78 is 5.27. The standard InChI is InChI=1S/C10H12ClNO2/c1-7-5-8(11)3-4-9(7)14-6-10(13)12-2/h3-5H,6H2,1-2H3,(H,12,13). The van der Waals surface area contributed by atoms with Crippen LogP contribution in [0.4, 0.5) is 0 Å². The molecular formula is C10H12ClNO2. The molecule has 0 heterocycles. The van der Waals surface area contributed by atoms with Crippen molar-refractivity contribution in [2.24, 2.45) is 0 Å². The van der Waals surface area contributed by atoms with Gasteiger partial charge in [-0.1, -0.05) is 11.6 Å². The average Bonchev–Trinajstić information content (AvgIpc) is 2.16. The van der Waals surface area contributed by atoms with Crippen LogP contribution >= 0.6 is 11.6 Å². The molecule has 1 N–H and O–H groups in total. The third-order valence-corrected chi connectivity index (χ3v) is 2.01. The molecule has 0 aliphatic carbocycles. The van der Waals surface area contributed by atoms with Crippen LogP contribution in [-0.4, -0.2) is 19.6 Å². The second-order valence-electron chi connectivity index (χ2n) is 2.87. The molecule has 0 saturated heterocycles. The lowest BCUT2D eigenvalue weighted by atomic mass is 10.2.